The molecule has 0 radical (unpaired) electrons. The van der Waals surface area contributed by atoms with E-state index in [9.17, 15) is 18.0 Å². The summed E-state index contributed by atoms with van der Waals surface area (Å²) in [4.78, 5) is 10.9. The van der Waals surface area contributed by atoms with E-state index in [0.717, 1.165) is 12.1 Å². The Hall–Kier alpha value is -1.72. The predicted molar refractivity (Wildman–Crippen MR) is 53.4 cm³/mol. The number of hydrogen-bond acceptors (Lipinski definition) is 2. The average Bonchev–Trinajstić information content (AvgIpc) is 2.63. The summed E-state index contributed by atoms with van der Waals surface area (Å²) in [6, 6.07) is 3.40. The third-order valence-corrected chi connectivity index (χ3v) is 2.63. The summed E-state index contributed by atoms with van der Waals surface area (Å²) in [7, 11) is 0. The number of benzene rings is 1. The van der Waals surface area contributed by atoms with Gasteiger partial charge in [0.2, 0.25) is 0 Å². The number of nitrogens with one attached hydrogen (secondary N) is 1. The van der Waals surface area contributed by atoms with Crippen LogP contribution in [-0.2, 0) is 10.9 Å². The van der Waals surface area contributed by atoms with Crippen molar-refractivity contribution in [2.75, 3.05) is 6.54 Å². The van der Waals surface area contributed by atoms with Crippen molar-refractivity contribution in [2.24, 2.45) is 0 Å². The Labute approximate surface area is 95.6 Å². The molecule has 1 aliphatic rings. The van der Waals surface area contributed by atoms with Crippen LogP contribution in [-0.4, -0.2) is 12.6 Å². The number of alkyl halides is 3. The molecule has 1 saturated heterocycles. The van der Waals surface area contributed by atoms with Crippen LogP contribution in [0.5, 0.6) is 0 Å². The molecule has 1 aromatic rings. The topological polar surface area (TPSA) is 38.3 Å². The molecule has 1 aliphatic heterocycles. The van der Waals surface area contributed by atoms with Crippen LogP contribution >= 0.6 is 0 Å². The summed E-state index contributed by atoms with van der Waals surface area (Å²) in [5, 5.41) is 2.46. The summed E-state index contributed by atoms with van der Waals surface area (Å²) in [6.07, 6.45) is -5.41. The summed E-state index contributed by atoms with van der Waals surface area (Å²) < 4.78 is 42.2. The van der Waals surface area contributed by atoms with E-state index in [4.69, 9.17) is 4.74 Å². The van der Waals surface area contributed by atoms with Crippen LogP contribution in [0.15, 0.2) is 18.2 Å². The van der Waals surface area contributed by atoms with E-state index in [1.54, 1.807) is 6.92 Å². The van der Waals surface area contributed by atoms with Gasteiger partial charge in [-0.15, -0.1) is 0 Å². The number of aryl methyl sites for hydroxylation is 1. The third-order valence-electron chi connectivity index (χ3n) is 2.63. The van der Waals surface area contributed by atoms with E-state index >= 15 is 0 Å². The molecule has 6 heteroatoms. The highest BCUT2D eigenvalue weighted by Crippen LogP contribution is 2.32. The van der Waals surface area contributed by atoms with E-state index in [1.807, 2.05) is 0 Å². The number of rotatable bonds is 1. The molecule has 0 aromatic heterocycles. The molecule has 2 rings (SSSR count). The summed E-state index contributed by atoms with van der Waals surface area (Å²) >= 11 is 0. The van der Waals surface area contributed by atoms with E-state index in [-0.39, 0.29) is 6.54 Å². The Kier molecular flexibility index (Phi) is 2.73. The Morgan fingerprint density at radius 2 is 2.12 bits per heavy atom. The number of ether oxygens (including phenoxy) is 1. The SMILES string of the molecule is Cc1cc(C(F)(F)F)ccc1C1CNC(=O)O1. The van der Waals surface area contributed by atoms with E-state index in [0.29, 0.717) is 11.1 Å². The second kappa shape index (κ2) is 3.94. The van der Waals surface area contributed by atoms with E-state index in [1.165, 1.54) is 6.07 Å². The monoisotopic (exact) mass is 245 g/mol. The van der Waals surface area contributed by atoms with Crippen molar-refractivity contribution in [3.63, 3.8) is 0 Å². The zero-order chi connectivity index (χ0) is 12.6. The lowest BCUT2D eigenvalue weighted by Gasteiger charge is -2.14. The first-order valence-electron chi connectivity index (χ1n) is 5.00. The standard InChI is InChI=1S/C11H10F3NO2/c1-6-4-7(11(12,13)14)2-3-8(6)9-5-15-10(16)17-9/h2-4,9H,5H2,1H3,(H,15,16). The lowest BCUT2D eigenvalue weighted by Crippen LogP contribution is -2.12. The normalized spacial score (nSPS) is 20.0. The van der Waals surface area contributed by atoms with Gasteiger partial charge in [-0.2, -0.15) is 13.2 Å². The van der Waals surface area contributed by atoms with Gasteiger partial charge in [0.25, 0.3) is 0 Å². The summed E-state index contributed by atoms with van der Waals surface area (Å²) in [5.74, 6) is 0. The van der Waals surface area contributed by atoms with Crippen LogP contribution in [0.3, 0.4) is 0 Å². The number of carbonyl (C=O) groups excluding carboxylic acids is 1. The Morgan fingerprint density at radius 3 is 2.59 bits per heavy atom. The predicted octanol–water partition coefficient (Wildman–Crippen LogP) is 2.79. The molecule has 1 unspecified atom stereocenters. The van der Waals surface area contributed by atoms with Gasteiger partial charge in [-0.25, -0.2) is 4.79 Å². The zero-order valence-corrected chi connectivity index (χ0v) is 8.97. The van der Waals surface area contributed by atoms with Crippen LogP contribution in [0.2, 0.25) is 0 Å². The molecule has 1 amide bonds. The molecule has 1 heterocycles. The van der Waals surface area contributed by atoms with Crippen LogP contribution in [0, 0.1) is 6.92 Å². The Bertz CT molecular complexity index is 457. The van der Waals surface area contributed by atoms with Crippen molar-refractivity contribution >= 4 is 6.09 Å². The van der Waals surface area contributed by atoms with Crippen molar-refractivity contribution in [1.29, 1.82) is 0 Å². The number of hydrogen-bond donors (Lipinski definition) is 1. The largest absolute Gasteiger partial charge is 0.439 e. The van der Waals surface area contributed by atoms with Gasteiger partial charge in [-0.3, -0.25) is 0 Å². The van der Waals surface area contributed by atoms with Crippen LogP contribution in [0.1, 0.15) is 22.8 Å². The van der Waals surface area contributed by atoms with Gasteiger partial charge in [0, 0.05) is 0 Å². The lowest BCUT2D eigenvalue weighted by molar-refractivity contribution is -0.137. The Balaban J connectivity index is 2.29. The minimum Gasteiger partial charge on any atom is -0.439 e. The van der Waals surface area contributed by atoms with Crippen molar-refractivity contribution in [3.05, 3.63) is 34.9 Å². The zero-order valence-electron chi connectivity index (χ0n) is 8.97. The summed E-state index contributed by atoms with van der Waals surface area (Å²) in [5.41, 5.74) is 0.355. The fraction of sp³-hybridized carbons (Fsp3) is 0.364. The number of carbonyl (C=O) groups is 1. The molecule has 92 valence electrons. The quantitative estimate of drug-likeness (QED) is 0.826. The molecular formula is C11H10F3NO2. The molecule has 0 saturated carbocycles. The Morgan fingerprint density at radius 1 is 1.41 bits per heavy atom. The fourth-order valence-electron chi connectivity index (χ4n) is 1.78. The minimum absolute atomic E-state index is 0.283. The second-order valence-corrected chi connectivity index (χ2v) is 3.84. The smallest absolute Gasteiger partial charge is 0.416 e. The second-order valence-electron chi connectivity index (χ2n) is 3.84. The maximum atomic E-state index is 12.4. The molecule has 1 aromatic carbocycles. The molecule has 1 fully saturated rings. The van der Waals surface area contributed by atoms with Crippen molar-refractivity contribution < 1.29 is 22.7 Å². The van der Waals surface area contributed by atoms with E-state index in [2.05, 4.69) is 5.32 Å². The minimum atomic E-state index is -4.35. The number of cyclic esters (lactones) is 1. The van der Waals surface area contributed by atoms with Gasteiger partial charge < -0.3 is 10.1 Å². The van der Waals surface area contributed by atoms with Crippen molar-refractivity contribution in [2.45, 2.75) is 19.2 Å². The number of alkyl carbamates (subject to hydrolysis) is 1. The summed E-state index contributed by atoms with van der Waals surface area (Å²) in [6.45, 7) is 1.85. The lowest BCUT2D eigenvalue weighted by atomic mass is 10.0. The third kappa shape index (κ3) is 2.35. The number of halogens is 3. The molecular weight excluding hydrogens is 235 g/mol. The van der Waals surface area contributed by atoms with Crippen molar-refractivity contribution in [1.82, 2.24) is 5.32 Å². The van der Waals surface area contributed by atoms with E-state index < -0.39 is 23.9 Å². The maximum absolute atomic E-state index is 12.4. The molecule has 0 aliphatic carbocycles. The van der Waals surface area contributed by atoms with Crippen LogP contribution < -0.4 is 5.32 Å². The molecule has 0 spiro atoms. The first-order valence-corrected chi connectivity index (χ1v) is 5.00. The molecule has 17 heavy (non-hydrogen) atoms. The van der Waals surface area contributed by atoms with Gasteiger partial charge in [0.15, 0.2) is 0 Å². The van der Waals surface area contributed by atoms with Crippen LogP contribution in [0.25, 0.3) is 0 Å². The van der Waals surface area contributed by atoms with Crippen molar-refractivity contribution in [3.8, 4) is 0 Å². The first kappa shape index (κ1) is 11.8. The van der Waals surface area contributed by atoms with Gasteiger partial charge in [0.05, 0.1) is 12.1 Å². The molecule has 1 atom stereocenters. The first-order chi connectivity index (χ1) is 7.88. The van der Waals surface area contributed by atoms with Gasteiger partial charge >= 0.3 is 12.3 Å². The van der Waals surface area contributed by atoms with Crippen LogP contribution in [0.4, 0.5) is 18.0 Å². The highest BCUT2D eigenvalue weighted by molar-refractivity contribution is 5.69. The van der Waals surface area contributed by atoms with Gasteiger partial charge in [0.1, 0.15) is 6.10 Å². The molecule has 0 bridgehead atoms. The number of amides is 1. The van der Waals surface area contributed by atoms with Gasteiger partial charge in [-0.05, 0) is 30.2 Å². The highest BCUT2D eigenvalue weighted by Gasteiger charge is 2.32. The average molecular weight is 245 g/mol. The maximum Gasteiger partial charge on any atom is 0.416 e. The van der Waals surface area contributed by atoms with Gasteiger partial charge in [-0.1, -0.05) is 6.07 Å². The molecule has 3 nitrogen and oxygen atoms in total. The highest BCUT2D eigenvalue weighted by atomic mass is 19.4. The molecule has 1 N–H and O–H groups in total. The fourth-order valence-corrected chi connectivity index (χ4v) is 1.78.